The number of likely N-dealkylation sites (tertiary alicyclic amines) is 2. The number of hydrogen-bond donors (Lipinski definition) is 2. The Kier molecular flexibility index (Phi) is 28.9. The first kappa shape index (κ1) is 51.4. The summed E-state index contributed by atoms with van der Waals surface area (Å²) >= 11 is 0. The Balaban J connectivity index is 0. The van der Waals surface area contributed by atoms with Gasteiger partial charge in [-0.05, 0) is 94.2 Å². The van der Waals surface area contributed by atoms with Crippen LogP contribution in [0.3, 0.4) is 0 Å². The number of ether oxygens (including phenoxy) is 4. The third kappa shape index (κ3) is 16.1. The molecule has 2 saturated heterocycles. The third-order valence-corrected chi connectivity index (χ3v) is 8.98. The Labute approximate surface area is 361 Å². The second-order valence-electron chi connectivity index (χ2n) is 12.3. The Bertz CT molecular complexity index is 890. The van der Waals surface area contributed by atoms with Crippen LogP contribution in [0.1, 0.15) is 68.2 Å². The minimum atomic E-state index is -0.927. The first-order valence-corrected chi connectivity index (χ1v) is 16.6. The molecule has 2 rings (SSSR count). The van der Waals surface area contributed by atoms with Crippen molar-refractivity contribution in [1.82, 2.24) is 9.80 Å². The van der Waals surface area contributed by atoms with E-state index in [0.29, 0.717) is 26.1 Å². The zero-order valence-corrected chi connectivity index (χ0v) is 40.4. The van der Waals surface area contributed by atoms with E-state index in [1.54, 1.807) is 27.7 Å². The fraction of sp³-hybridized carbons (Fsp3) is 0.824. The molecule has 14 heteroatoms. The predicted molar refractivity (Wildman–Crippen MR) is 180 cm³/mol. The van der Waals surface area contributed by atoms with Crippen LogP contribution in [0.2, 0.25) is 0 Å². The maximum absolute atomic E-state index is 11.8. The number of allylic oxidation sites excluding steroid dienone is 2. The summed E-state index contributed by atoms with van der Waals surface area (Å²) in [4.78, 5) is 27.5. The minimum Gasteiger partial charge on any atom is -0.671 e. The van der Waals surface area contributed by atoms with E-state index >= 15 is 0 Å². The van der Waals surface area contributed by atoms with Crippen LogP contribution in [0.4, 0.5) is 0 Å². The number of hydrogen-bond acceptors (Lipinski definition) is 10. The molecule has 0 bridgehead atoms. The number of likely N-dealkylation sites (N-methyl/N-ethyl adjacent to an activating group) is 2. The van der Waals surface area contributed by atoms with Crippen LogP contribution in [-0.4, -0.2) is 133 Å². The molecule has 48 heavy (non-hydrogen) atoms. The molecule has 0 aromatic rings. The maximum atomic E-state index is 11.8. The SMILES string of the molecule is C/C=C\[C@@H]1C[C@H](C(C)=O)N(C)[C@H]1[C@@H]([NH-])[C@@H](O)COC(C)OCC.C/C=C\[C@@H]1C[C@H](C(C)=O)N(C)[C@H]1[C@@H]([NH-])[C@H](O)COC(C)OCC.[Ac].[Ac]. The van der Waals surface area contributed by atoms with Crippen molar-refractivity contribution in [2.45, 2.75) is 129 Å². The molecule has 2 aliphatic heterocycles. The summed E-state index contributed by atoms with van der Waals surface area (Å²) in [7, 11) is 3.72. The number of rotatable bonds is 18. The van der Waals surface area contributed by atoms with Crippen molar-refractivity contribution in [3.63, 3.8) is 0 Å². The molecule has 2 heterocycles. The maximum Gasteiger partial charge on any atom is 0.154 e. The molecule has 2 fully saturated rings. The molecule has 0 aromatic carbocycles. The van der Waals surface area contributed by atoms with E-state index in [-0.39, 0.29) is 149 Å². The number of carbonyl (C=O) groups is 2. The van der Waals surface area contributed by atoms with E-state index in [1.165, 1.54) is 0 Å². The van der Waals surface area contributed by atoms with Gasteiger partial charge in [0.15, 0.2) is 12.6 Å². The van der Waals surface area contributed by atoms with E-state index in [2.05, 4.69) is 0 Å². The fourth-order valence-electron chi connectivity index (χ4n) is 6.67. The largest absolute Gasteiger partial charge is 0.671 e. The van der Waals surface area contributed by atoms with Gasteiger partial charge in [-0.25, -0.2) is 0 Å². The molecule has 12 atom stereocenters. The molecule has 0 aliphatic carbocycles. The monoisotopic (exact) mass is 1110 g/mol. The zero-order valence-electron chi connectivity index (χ0n) is 30.9. The molecular formula is C34H62Ac2N4O8-2. The van der Waals surface area contributed by atoms with Gasteiger partial charge in [0.25, 0.3) is 0 Å². The average Bonchev–Trinajstić information content (AvgIpc) is 3.50. The summed E-state index contributed by atoms with van der Waals surface area (Å²) in [5.74, 6) is 0.376. The van der Waals surface area contributed by atoms with Gasteiger partial charge in [0.05, 0.1) is 37.5 Å². The molecule has 0 saturated carbocycles. The van der Waals surface area contributed by atoms with Crippen molar-refractivity contribution in [3.05, 3.63) is 35.8 Å². The molecule has 274 valence electrons. The summed E-state index contributed by atoms with van der Waals surface area (Å²) in [6, 6.07) is -2.30. The van der Waals surface area contributed by atoms with Crippen LogP contribution in [0.5, 0.6) is 0 Å². The molecule has 2 unspecified atom stereocenters. The van der Waals surface area contributed by atoms with Crippen LogP contribution in [0.25, 0.3) is 11.5 Å². The second-order valence-corrected chi connectivity index (χ2v) is 12.3. The van der Waals surface area contributed by atoms with Crippen molar-refractivity contribution in [3.8, 4) is 0 Å². The Hall–Kier alpha value is 1.30. The van der Waals surface area contributed by atoms with E-state index in [0.717, 1.165) is 0 Å². The van der Waals surface area contributed by atoms with E-state index in [9.17, 15) is 19.8 Å². The van der Waals surface area contributed by atoms with E-state index in [4.69, 9.17) is 30.4 Å². The van der Waals surface area contributed by atoms with Crippen LogP contribution in [-0.2, 0) is 28.5 Å². The van der Waals surface area contributed by atoms with Gasteiger partial charge < -0.3 is 40.6 Å². The summed E-state index contributed by atoms with van der Waals surface area (Å²) < 4.78 is 21.4. The van der Waals surface area contributed by atoms with Gasteiger partial charge in [0.1, 0.15) is 11.6 Å². The quantitative estimate of drug-likeness (QED) is 0.151. The molecule has 4 N–H and O–H groups in total. The van der Waals surface area contributed by atoms with Crippen LogP contribution < -0.4 is 0 Å². The molecule has 2 radical (unpaired) electrons. The summed E-state index contributed by atoms with van der Waals surface area (Å²) in [5.41, 5.74) is 16.9. The Morgan fingerprint density at radius 1 is 0.729 bits per heavy atom. The molecule has 0 aromatic heterocycles. The molecule has 0 amide bonds. The Morgan fingerprint density at radius 2 is 1.04 bits per heavy atom. The van der Waals surface area contributed by atoms with Gasteiger partial charge >= 0.3 is 0 Å². The summed E-state index contributed by atoms with van der Waals surface area (Å²) in [6.07, 6.45) is 6.68. The smallest absolute Gasteiger partial charge is 0.154 e. The van der Waals surface area contributed by atoms with Crippen LogP contribution in [0, 0.1) is 100.0 Å². The van der Waals surface area contributed by atoms with Crippen molar-refractivity contribution in [2.24, 2.45) is 11.8 Å². The Morgan fingerprint density at radius 3 is 1.29 bits per heavy atom. The fourth-order valence-corrected chi connectivity index (χ4v) is 6.67. The molecular weight excluding hydrogens is 1050 g/mol. The normalized spacial score (nSPS) is 28.5. The average molecular weight is 1110 g/mol. The van der Waals surface area contributed by atoms with Gasteiger partial charge in [-0.1, -0.05) is 36.4 Å². The van der Waals surface area contributed by atoms with Gasteiger partial charge in [0.2, 0.25) is 0 Å². The van der Waals surface area contributed by atoms with E-state index < -0.39 is 36.9 Å². The standard InChI is InChI=1S/2C17H31N2O4.2Ac/c2*1-6-8-13-9-14(11(3)20)19(5)17(13)16(18)15(21)10-23-12(4)22-7-2;;/h2*6,8,12-18,21H,7,9-10H2,1-5H3;;/q2*-1;;/b2*8-6-;;/t12?,13-,14-,15+,16+,17-;12?,13-,14-,15-,16+,17-;;/m11../s1. The van der Waals surface area contributed by atoms with Crippen LogP contribution in [0.15, 0.2) is 24.3 Å². The number of carbonyl (C=O) groups excluding carboxylic acids is 2. The van der Waals surface area contributed by atoms with E-state index in [1.807, 2.05) is 75.9 Å². The summed E-state index contributed by atoms with van der Waals surface area (Å²) in [6.45, 7) is 15.5. The van der Waals surface area contributed by atoms with Gasteiger partial charge in [-0.15, -0.1) is 0 Å². The van der Waals surface area contributed by atoms with Crippen LogP contribution >= 0.6 is 0 Å². The molecule has 12 nitrogen and oxygen atoms in total. The topological polar surface area (TPSA) is 166 Å². The third-order valence-electron chi connectivity index (χ3n) is 8.98. The van der Waals surface area contributed by atoms with Crippen molar-refractivity contribution in [1.29, 1.82) is 0 Å². The first-order chi connectivity index (χ1) is 21.7. The van der Waals surface area contributed by atoms with Gasteiger partial charge in [-0.3, -0.25) is 19.4 Å². The zero-order chi connectivity index (χ0) is 35.1. The second kappa shape index (κ2) is 27.0. The molecule has 2 aliphatic rings. The predicted octanol–water partition coefficient (Wildman–Crippen LogP) is 4.04. The number of ketones is 2. The number of Topliss-reactive ketones (excluding diaryl/α,β-unsaturated/α-hetero) is 2. The number of aliphatic hydroxyl groups is 2. The molecule has 0 spiro atoms. The number of nitrogens with zero attached hydrogens (tertiary/aromatic N) is 2. The first-order valence-electron chi connectivity index (χ1n) is 16.6. The summed E-state index contributed by atoms with van der Waals surface area (Å²) in [5, 5.41) is 20.6. The van der Waals surface area contributed by atoms with Gasteiger partial charge in [0, 0.05) is 113 Å². The number of nitrogens with one attached hydrogen (secondary N) is 2. The minimum absolute atomic E-state index is 0. The van der Waals surface area contributed by atoms with Crippen molar-refractivity contribution < 1.29 is 127 Å². The number of aliphatic hydroxyl groups excluding tert-OH is 2. The van der Waals surface area contributed by atoms with Gasteiger partial charge in [-0.2, -0.15) is 0 Å². The van der Waals surface area contributed by atoms with Crippen molar-refractivity contribution >= 4 is 11.6 Å². The van der Waals surface area contributed by atoms with Crippen molar-refractivity contribution in [2.75, 3.05) is 40.5 Å².